The summed E-state index contributed by atoms with van der Waals surface area (Å²) in [7, 11) is 0. The Bertz CT molecular complexity index is 737. The van der Waals surface area contributed by atoms with Gasteiger partial charge in [-0.25, -0.2) is 9.89 Å². The molecule has 0 fully saturated rings. The average molecular weight is 342 g/mol. The third kappa shape index (κ3) is 3.96. The second-order valence-electron chi connectivity index (χ2n) is 4.19. The van der Waals surface area contributed by atoms with Gasteiger partial charge in [-0.05, 0) is 31.5 Å². The SMILES string of the molecule is CCOc1c(Cl)cc(/C=N/Nc2nc(=O)[nH]nc2C)cc1Cl. The van der Waals surface area contributed by atoms with Crippen LogP contribution in [0.1, 0.15) is 18.2 Å². The van der Waals surface area contributed by atoms with E-state index in [0.29, 0.717) is 33.7 Å². The van der Waals surface area contributed by atoms with E-state index in [9.17, 15) is 4.79 Å². The highest BCUT2D eigenvalue weighted by Crippen LogP contribution is 2.33. The van der Waals surface area contributed by atoms with Crippen LogP contribution in [0.4, 0.5) is 5.82 Å². The first kappa shape index (κ1) is 16.3. The highest BCUT2D eigenvalue weighted by molar-refractivity contribution is 6.37. The number of aryl methyl sites for hydroxylation is 1. The smallest absolute Gasteiger partial charge is 0.363 e. The number of aromatic nitrogens is 3. The molecule has 0 amide bonds. The van der Waals surface area contributed by atoms with Crippen molar-refractivity contribution in [3.8, 4) is 5.75 Å². The van der Waals surface area contributed by atoms with Gasteiger partial charge in [0.1, 0.15) is 5.69 Å². The minimum Gasteiger partial charge on any atom is -0.491 e. The van der Waals surface area contributed by atoms with E-state index in [1.807, 2.05) is 6.92 Å². The van der Waals surface area contributed by atoms with Gasteiger partial charge < -0.3 is 4.74 Å². The lowest BCUT2D eigenvalue weighted by atomic mass is 10.2. The number of hydrazone groups is 1. The lowest BCUT2D eigenvalue weighted by molar-refractivity contribution is 0.340. The van der Waals surface area contributed by atoms with E-state index < -0.39 is 5.69 Å². The Morgan fingerprint density at radius 3 is 2.73 bits per heavy atom. The zero-order chi connectivity index (χ0) is 16.1. The molecule has 1 heterocycles. The second-order valence-corrected chi connectivity index (χ2v) is 5.01. The van der Waals surface area contributed by atoms with Crippen molar-refractivity contribution >= 4 is 35.2 Å². The van der Waals surface area contributed by atoms with Crippen molar-refractivity contribution in [3.05, 3.63) is 43.9 Å². The van der Waals surface area contributed by atoms with Crippen LogP contribution in [0.5, 0.6) is 5.75 Å². The summed E-state index contributed by atoms with van der Waals surface area (Å²) in [6, 6.07) is 3.33. The van der Waals surface area contributed by atoms with Crippen molar-refractivity contribution < 1.29 is 4.74 Å². The predicted molar refractivity (Wildman–Crippen MR) is 86.2 cm³/mol. The summed E-state index contributed by atoms with van der Waals surface area (Å²) < 4.78 is 5.34. The van der Waals surface area contributed by atoms with E-state index in [-0.39, 0.29) is 5.82 Å². The Balaban J connectivity index is 2.17. The van der Waals surface area contributed by atoms with Gasteiger partial charge in [0.2, 0.25) is 0 Å². The van der Waals surface area contributed by atoms with Crippen molar-refractivity contribution in [3.63, 3.8) is 0 Å². The van der Waals surface area contributed by atoms with Crippen molar-refractivity contribution in [1.29, 1.82) is 0 Å². The maximum absolute atomic E-state index is 11.1. The van der Waals surface area contributed by atoms with Crippen LogP contribution in [0.25, 0.3) is 0 Å². The molecule has 1 aromatic heterocycles. The van der Waals surface area contributed by atoms with E-state index in [4.69, 9.17) is 27.9 Å². The number of benzene rings is 1. The van der Waals surface area contributed by atoms with Crippen molar-refractivity contribution in [2.75, 3.05) is 12.0 Å². The molecule has 22 heavy (non-hydrogen) atoms. The number of ether oxygens (including phenoxy) is 1. The van der Waals surface area contributed by atoms with E-state index in [1.165, 1.54) is 6.21 Å². The number of hydrogen-bond donors (Lipinski definition) is 2. The summed E-state index contributed by atoms with van der Waals surface area (Å²) >= 11 is 12.2. The standard InChI is InChI=1S/C13H13Cl2N5O2/c1-3-22-11-9(14)4-8(5-10(11)15)6-16-19-12-7(2)18-20-13(21)17-12/h4-6H,3H2,1-2H3,(H2,17,19,20,21)/b16-6+. The van der Waals surface area contributed by atoms with Crippen LogP contribution in [0.2, 0.25) is 10.0 Å². The van der Waals surface area contributed by atoms with Gasteiger partial charge in [0.15, 0.2) is 11.6 Å². The first-order valence-electron chi connectivity index (χ1n) is 6.35. The number of nitrogens with zero attached hydrogens (tertiary/aromatic N) is 3. The summed E-state index contributed by atoms with van der Waals surface area (Å²) in [4.78, 5) is 14.8. The fraction of sp³-hybridized carbons (Fsp3) is 0.231. The van der Waals surface area contributed by atoms with Crippen molar-refractivity contribution in [1.82, 2.24) is 15.2 Å². The number of halogens is 2. The Kier molecular flexibility index (Phi) is 5.35. The monoisotopic (exact) mass is 341 g/mol. The molecule has 0 saturated heterocycles. The molecule has 2 N–H and O–H groups in total. The lowest BCUT2D eigenvalue weighted by Gasteiger charge is -2.08. The molecule has 9 heteroatoms. The van der Waals surface area contributed by atoms with Crippen LogP contribution < -0.4 is 15.9 Å². The van der Waals surface area contributed by atoms with Crippen LogP contribution in [0.15, 0.2) is 22.0 Å². The van der Waals surface area contributed by atoms with E-state index >= 15 is 0 Å². The van der Waals surface area contributed by atoms with Crippen LogP contribution >= 0.6 is 23.2 Å². The molecule has 0 aliphatic heterocycles. The minimum atomic E-state index is -0.560. The predicted octanol–water partition coefficient (Wildman–Crippen LogP) is 2.62. The molecule has 0 atom stereocenters. The summed E-state index contributed by atoms with van der Waals surface area (Å²) in [6.45, 7) is 4.00. The number of rotatable bonds is 5. The molecule has 7 nitrogen and oxygen atoms in total. The second kappa shape index (κ2) is 7.24. The van der Waals surface area contributed by atoms with Crippen LogP contribution in [0, 0.1) is 6.92 Å². The third-order valence-electron chi connectivity index (χ3n) is 2.57. The van der Waals surface area contributed by atoms with Gasteiger partial charge in [0, 0.05) is 0 Å². The molecule has 0 unspecified atom stereocenters. The topological polar surface area (TPSA) is 92.3 Å². The summed E-state index contributed by atoms with van der Waals surface area (Å²) in [5.41, 5.74) is 3.26. The summed E-state index contributed by atoms with van der Waals surface area (Å²) in [5.74, 6) is 0.704. The molecule has 0 saturated carbocycles. The van der Waals surface area contributed by atoms with Gasteiger partial charge in [-0.1, -0.05) is 23.2 Å². The number of aromatic amines is 1. The quantitative estimate of drug-likeness (QED) is 0.644. The molecule has 116 valence electrons. The molecule has 1 aromatic carbocycles. The minimum absolute atomic E-state index is 0.267. The zero-order valence-electron chi connectivity index (χ0n) is 11.9. The first-order valence-corrected chi connectivity index (χ1v) is 7.11. The van der Waals surface area contributed by atoms with E-state index in [0.717, 1.165) is 0 Å². The Hall–Kier alpha value is -2.12. The normalized spacial score (nSPS) is 10.9. The van der Waals surface area contributed by atoms with Gasteiger partial charge in [-0.3, -0.25) is 5.43 Å². The van der Waals surface area contributed by atoms with Crippen molar-refractivity contribution in [2.45, 2.75) is 13.8 Å². The summed E-state index contributed by atoms with van der Waals surface area (Å²) in [5, 5.41) is 10.8. The molecule has 2 aromatic rings. The van der Waals surface area contributed by atoms with Gasteiger partial charge in [0.25, 0.3) is 0 Å². The Morgan fingerprint density at radius 2 is 2.09 bits per heavy atom. The number of anilines is 1. The Labute approximate surface area is 136 Å². The lowest BCUT2D eigenvalue weighted by Crippen LogP contribution is -2.15. The maximum Gasteiger partial charge on any atom is 0.363 e. The molecule has 0 aliphatic rings. The third-order valence-corrected chi connectivity index (χ3v) is 3.13. The van der Waals surface area contributed by atoms with Crippen LogP contribution in [0.3, 0.4) is 0 Å². The van der Waals surface area contributed by atoms with Crippen molar-refractivity contribution in [2.24, 2.45) is 5.10 Å². The molecule has 2 rings (SSSR count). The molecule has 0 spiro atoms. The van der Waals surface area contributed by atoms with Gasteiger partial charge in [-0.2, -0.15) is 15.2 Å². The van der Waals surface area contributed by atoms with Crippen LogP contribution in [-0.2, 0) is 0 Å². The van der Waals surface area contributed by atoms with E-state index in [1.54, 1.807) is 19.1 Å². The van der Waals surface area contributed by atoms with Crippen LogP contribution in [-0.4, -0.2) is 28.0 Å². The number of H-pyrrole nitrogens is 1. The fourth-order valence-electron chi connectivity index (χ4n) is 1.60. The average Bonchev–Trinajstić information content (AvgIpc) is 2.46. The molecular weight excluding hydrogens is 329 g/mol. The molecule has 0 radical (unpaired) electrons. The fourth-order valence-corrected chi connectivity index (χ4v) is 2.22. The van der Waals surface area contributed by atoms with Gasteiger partial charge >= 0.3 is 5.69 Å². The molecular formula is C13H13Cl2N5O2. The largest absolute Gasteiger partial charge is 0.491 e. The van der Waals surface area contributed by atoms with Gasteiger partial charge in [0.05, 0.1) is 22.9 Å². The zero-order valence-corrected chi connectivity index (χ0v) is 13.4. The van der Waals surface area contributed by atoms with E-state index in [2.05, 4.69) is 25.7 Å². The highest BCUT2D eigenvalue weighted by Gasteiger charge is 2.08. The summed E-state index contributed by atoms with van der Waals surface area (Å²) in [6.07, 6.45) is 1.50. The highest BCUT2D eigenvalue weighted by atomic mass is 35.5. The molecule has 0 aliphatic carbocycles. The first-order chi connectivity index (χ1) is 10.5. The number of hydrogen-bond acceptors (Lipinski definition) is 6. The van der Waals surface area contributed by atoms with Gasteiger partial charge in [-0.15, -0.1) is 0 Å². The Morgan fingerprint density at radius 1 is 1.41 bits per heavy atom. The maximum atomic E-state index is 11.1. The molecule has 0 bridgehead atoms. The number of nitrogens with one attached hydrogen (secondary N) is 2.